The molecule has 0 aliphatic carbocycles. The smallest absolute Gasteiger partial charge is 0.243 e. The van der Waals surface area contributed by atoms with E-state index in [0.29, 0.717) is 6.42 Å². The summed E-state index contributed by atoms with van der Waals surface area (Å²) in [6.07, 6.45) is 3.97. The summed E-state index contributed by atoms with van der Waals surface area (Å²) in [4.78, 5) is 18.8. The van der Waals surface area contributed by atoms with Crippen molar-refractivity contribution < 1.29 is 14.6 Å². The minimum atomic E-state index is -0.319. The van der Waals surface area contributed by atoms with Crippen LogP contribution >= 0.6 is 0 Å². The molecule has 150 valence electrons. The predicted molar refractivity (Wildman–Crippen MR) is 109 cm³/mol. The first-order chi connectivity index (χ1) is 13.4. The fraction of sp³-hybridized carbons (Fsp3) is 0.455. The van der Waals surface area contributed by atoms with E-state index in [4.69, 9.17) is 4.74 Å². The number of aliphatic hydroxyl groups is 1. The van der Waals surface area contributed by atoms with Gasteiger partial charge in [-0.25, -0.2) is 0 Å². The van der Waals surface area contributed by atoms with E-state index in [2.05, 4.69) is 10.3 Å². The zero-order chi connectivity index (χ0) is 20.3. The van der Waals surface area contributed by atoms with E-state index >= 15 is 0 Å². The molecule has 6 nitrogen and oxygen atoms in total. The van der Waals surface area contributed by atoms with Crippen molar-refractivity contribution in [1.29, 1.82) is 0 Å². The van der Waals surface area contributed by atoms with Crippen LogP contribution in [0.25, 0.3) is 0 Å². The van der Waals surface area contributed by atoms with E-state index in [0.717, 1.165) is 22.6 Å². The third-order valence-electron chi connectivity index (χ3n) is 5.28. The van der Waals surface area contributed by atoms with Crippen molar-refractivity contribution in [2.75, 3.05) is 18.6 Å². The first kappa shape index (κ1) is 20.1. The number of ether oxygens (including phenoxy) is 1. The van der Waals surface area contributed by atoms with E-state index in [-0.39, 0.29) is 36.6 Å². The Morgan fingerprint density at radius 2 is 1.96 bits per heavy atom. The number of nitrogens with one attached hydrogen (secondary N) is 1. The van der Waals surface area contributed by atoms with Crippen LogP contribution in [0.1, 0.15) is 38.0 Å². The van der Waals surface area contributed by atoms with Crippen molar-refractivity contribution in [2.24, 2.45) is 5.92 Å². The quantitative estimate of drug-likeness (QED) is 0.830. The number of carbonyl (C=O) groups is 1. The fourth-order valence-corrected chi connectivity index (χ4v) is 3.81. The molecule has 2 N–H and O–H groups in total. The normalized spacial score (nSPS) is 20.8. The average molecular weight is 383 g/mol. The second-order valence-electron chi connectivity index (χ2n) is 7.72. The number of carbonyl (C=O) groups excluding carboxylic acids is 1. The Bertz CT molecular complexity index is 810. The summed E-state index contributed by atoms with van der Waals surface area (Å²) in [5.41, 5.74) is 3.09. The van der Waals surface area contributed by atoms with Gasteiger partial charge in [-0.1, -0.05) is 19.9 Å². The molecule has 6 heteroatoms. The topological polar surface area (TPSA) is 74.7 Å². The monoisotopic (exact) mass is 383 g/mol. The van der Waals surface area contributed by atoms with Gasteiger partial charge in [0.15, 0.2) is 0 Å². The number of benzene rings is 1. The molecule has 0 fully saturated rings. The van der Waals surface area contributed by atoms with Crippen LogP contribution in [-0.2, 0) is 11.2 Å². The lowest BCUT2D eigenvalue weighted by Crippen LogP contribution is -2.54. The maximum absolute atomic E-state index is 12.7. The van der Waals surface area contributed by atoms with Gasteiger partial charge >= 0.3 is 0 Å². The summed E-state index contributed by atoms with van der Waals surface area (Å²) < 4.78 is 6.16. The third-order valence-corrected chi connectivity index (χ3v) is 5.28. The highest BCUT2D eigenvalue weighted by Crippen LogP contribution is 2.32. The van der Waals surface area contributed by atoms with Gasteiger partial charge in [-0.3, -0.25) is 9.78 Å². The first-order valence-corrected chi connectivity index (χ1v) is 9.74. The van der Waals surface area contributed by atoms with Crippen molar-refractivity contribution in [3.63, 3.8) is 0 Å². The van der Waals surface area contributed by atoms with Gasteiger partial charge < -0.3 is 20.1 Å². The lowest BCUT2D eigenvalue weighted by molar-refractivity contribution is -0.124. The van der Waals surface area contributed by atoms with Crippen molar-refractivity contribution >= 4 is 11.6 Å². The standard InChI is InChI=1S/C22H29N3O3/c1-14(2)21-22(27)24-18(13-26)11-17-5-6-19(12-20(17)25(21)4)28-15(3)16-7-9-23-10-8-16/h5-10,12,14-15,18,21,26H,11,13H2,1-4H3,(H,24,27)/t15?,18-,21-/m1/s1. The molecular formula is C22H29N3O3. The number of aromatic nitrogens is 1. The van der Waals surface area contributed by atoms with Crippen molar-refractivity contribution in [3.05, 3.63) is 53.9 Å². The Kier molecular flexibility index (Phi) is 6.19. The number of amides is 1. The van der Waals surface area contributed by atoms with E-state index < -0.39 is 0 Å². The van der Waals surface area contributed by atoms with Gasteiger partial charge in [0.1, 0.15) is 17.9 Å². The van der Waals surface area contributed by atoms with E-state index in [9.17, 15) is 9.90 Å². The second-order valence-corrected chi connectivity index (χ2v) is 7.72. The Hall–Kier alpha value is -2.60. The zero-order valence-electron chi connectivity index (χ0n) is 16.9. The second kappa shape index (κ2) is 8.61. The molecule has 0 saturated heterocycles. The molecule has 2 aromatic rings. The molecule has 1 aliphatic heterocycles. The number of likely N-dealkylation sites (N-methyl/N-ethyl adjacent to an activating group) is 1. The van der Waals surface area contributed by atoms with Crippen LogP contribution in [0.5, 0.6) is 5.75 Å². The molecule has 2 heterocycles. The Balaban J connectivity index is 1.93. The molecule has 0 radical (unpaired) electrons. The molecule has 1 amide bonds. The SMILES string of the molecule is CC(Oc1ccc2c(c1)N(C)[C@H](C(C)C)C(=O)N[C@@H](CO)C2)c1ccncc1. The highest BCUT2D eigenvalue weighted by Gasteiger charge is 2.32. The van der Waals surface area contributed by atoms with Crippen LogP contribution in [0.15, 0.2) is 42.7 Å². The maximum Gasteiger partial charge on any atom is 0.243 e. The van der Waals surface area contributed by atoms with Crippen LogP contribution in [0.3, 0.4) is 0 Å². The summed E-state index contributed by atoms with van der Waals surface area (Å²) in [6, 6.07) is 9.25. The molecule has 1 unspecified atom stereocenters. The van der Waals surface area contributed by atoms with Gasteiger partial charge in [0.2, 0.25) is 5.91 Å². The lowest BCUT2D eigenvalue weighted by Gasteiger charge is -2.37. The van der Waals surface area contributed by atoms with Crippen molar-refractivity contribution in [3.8, 4) is 5.75 Å². The lowest BCUT2D eigenvalue weighted by atomic mass is 9.95. The molecule has 3 atom stereocenters. The van der Waals surface area contributed by atoms with Gasteiger partial charge in [-0.05, 0) is 48.6 Å². The molecule has 3 rings (SSSR count). The zero-order valence-corrected chi connectivity index (χ0v) is 16.9. The van der Waals surface area contributed by atoms with Gasteiger partial charge in [0, 0.05) is 31.2 Å². The summed E-state index contributed by atoms with van der Waals surface area (Å²) >= 11 is 0. The van der Waals surface area contributed by atoms with Crippen LogP contribution in [0.4, 0.5) is 5.69 Å². The molecular weight excluding hydrogens is 354 g/mol. The molecule has 28 heavy (non-hydrogen) atoms. The number of hydrogen-bond donors (Lipinski definition) is 2. The van der Waals surface area contributed by atoms with E-state index in [1.54, 1.807) is 12.4 Å². The number of rotatable bonds is 5. The summed E-state index contributed by atoms with van der Waals surface area (Å²) in [6.45, 7) is 5.97. The largest absolute Gasteiger partial charge is 0.486 e. The number of hydrogen-bond acceptors (Lipinski definition) is 5. The minimum absolute atomic E-state index is 0.0568. The third kappa shape index (κ3) is 4.28. The summed E-state index contributed by atoms with van der Waals surface area (Å²) in [5.74, 6) is 0.813. The van der Waals surface area contributed by atoms with Crippen molar-refractivity contribution in [2.45, 2.75) is 45.4 Å². The molecule has 0 bridgehead atoms. The predicted octanol–water partition coefficient (Wildman–Crippen LogP) is 2.72. The Morgan fingerprint density at radius 3 is 2.61 bits per heavy atom. The Morgan fingerprint density at radius 1 is 1.25 bits per heavy atom. The number of nitrogens with zero attached hydrogens (tertiary/aromatic N) is 2. The minimum Gasteiger partial charge on any atom is -0.486 e. The van der Waals surface area contributed by atoms with Crippen molar-refractivity contribution in [1.82, 2.24) is 10.3 Å². The van der Waals surface area contributed by atoms with Gasteiger partial charge in [0.05, 0.1) is 12.6 Å². The van der Waals surface area contributed by atoms with Gasteiger partial charge in [-0.2, -0.15) is 0 Å². The summed E-state index contributed by atoms with van der Waals surface area (Å²) in [5, 5.41) is 12.7. The maximum atomic E-state index is 12.7. The number of anilines is 1. The van der Waals surface area contributed by atoms with E-state index in [1.165, 1.54) is 0 Å². The number of aliphatic hydroxyl groups excluding tert-OH is 1. The van der Waals surface area contributed by atoms with E-state index in [1.807, 2.05) is 63.1 Å². The molecule has 1 aromatic carbocycles. The highest BCUT2D eigenvalue weighted by molar-refractivity contribution is 5.86. The Labute approximate surface area is 166 Å². The number of fused-ring (bicyclic) bond motifs is 1. The number of pyridine rings is 1. The molecule has 1 aromatic heterocycles. The van der Waals surface area contributed by atoms with Gasteiger partial charge in [0.25, 0.3) is 0 Å². The molecule has 0 spiro atoms. The van der Waals surface area contributed by atoms with Crippen LogP contribution in [-0.4, -0.2) is 41.7 Å². The van der Waals surface area contributed by atoms with Gasteiger partial charge in [-0.15, -0.1) is 0 Å². The van der Waals surface area contributed by atoms with Crippen LogP contribution in [0.2, 0.25) is 0 Å². The average Bonchev–Trinajstić information content (AvgIpc) is 2.67. The molecule has 0 saturated carbocycles. The first-order valence-electron chi connectivity index (χ1n) is 9.74. The van der Waals surface area contributed by atoms with Crippen LogP contribution < -0.4 is 15.0 Å². The highest BCUT2D eigenvalue weighted by atomic mass is 16.5. The van der Waals surface area contributed by atoms with Crippen LogP contribution in [0, 0.1) is 5.92 Å². The molecule has 1 aliphatic rings. The fourth-order valence-electron chi connectivity index (χ4n) is 3.81. The summed E-state index contributed by atoms with van der Waals surface area (Å²) in [7, 11) is 1.94.